The molecular weight excluding hydrogens is 316 g/mol. The highest BCUT2D eigenvalue weighted by Gasteiger charge is 2.45. The van der Waals surface area contributed by atoms with Gasteiger partial charge < -0.3 is 14.5 Å². The first kappa shape index (κ1) is 16.6. The van der Waals surface area contributed by atoms with Gasteiger partial charge in [0.1, 0.15) is 0 Å². The number of rotatable bonds is 2. The highest BCUT2D eigenvalue weighted by molar-refractivity contribution is 6.01. The summed E-state index contributed by atoms with van der Waals surface area (Å²) in [6.07, 6.45) is 2.40. The summed E-state index contributed by atoms with van der Waals surface area (Å²) in [5.74, 6) is -0.0139. The molecule has 3 aliphatic heterocycles. The fourth-order valence-electron chi connectivity index (χ4n) is 4.49. The van der Waals surface area contributed by atoms with Gasteiger partial charge in [0.25, 0.3) is 0 Å². The summed E-state index contributed by atoms with van der Waals surface area (Å²) in [6, 6.07) is 6.01. The number of carbonyl (C=O) groups excluding carboxylic acids is 2. The van der Waals surface area contributed by atoms with E-state index in [0.717, 1.165) is 50.4 Å². The van der Waals surface area contributed by atoms with Crippen LogP contribution >= 0.6 is 0 Å². The fourth-order valence-corrected chi connectivity index (χ4v) is 4.49. The van der Waals surface area contributed by atoms with E-state index in [4.69, 9.17) is 4.74 Å². The SMILES string of the molecule is Cc1cccc(N2CC(C(=O)N3CCC4(CCOC4)C3)CC2=O)c1C. The van der Waals surface area contributed by atoms with E-state index >= 15 is 0 Å². The molecule has 2 unspecified atom stereocenters. The van der Waals surface area contributed by atoms with E-state index in [0.29, 0.717) is 13.0 Å². The zero-order valence-corrected chi connectivity index (χ0v) is 15.1. The molecule has 3 fully saturated rings. The van der Waals surface area contributed by atoms with E-state index in [1.54, 1.807) is 4.90 Å². The number of hydrogen-bond acceptors (Lipinski definition) is 3. The molecule has 0 radical (unpaired) electrons. The molecule has 4 rings (SSSR count). The first-order valence-corrected chi connectivity index (χ1v) is 9.22. The Morgan fingerprint density at radius 3 is 2.88 bits per heavy atom. The second-order valence-corrected chi connectivity index (χ2v) is 7.94. The molecule has 1 spiro atoms. The molecule has 2 amide bonds. The number of likely N-dealkylation sites (tertiary alicyclic amines) is 1. The zero-order chi connectivity index (χ0) is 17.6. The van der Waals surface area contributed by atoms with Crippen LogP contribution in [0.3, 0.4) is 0 Å². The predicted molar refractivity (Wildman–Crippen MR) is 95.4 cm³/mol. The van der Waals surface area contributed by atoms with Crippen LogP contribution < -0.4 is 4.90 Å². The van der Waals surface area contributed by atoms with Crippen LogP contribution in [-0.4, -0.2) is 49.6 Å². The Morgan fingerprint density at radius 2 is 2.12 bits per heavy atom. The molecule has 0 aromatic heterocycles. The van der Waals surface area contributed by atoms with Crippen LogP contribution in [0.15, 0.2) is 18.2 Å². The van der Waals surface area contributed by atoms with Gasteiger partial charge in [-0.15, -0.1) is 0 Å². The standard InChI is InChI=1S/C20H26N2O3/c1-14-4-3-5-17(15(14)2)22-11-16(10-18(22)23)19(24)21-8-6-20(12-21)7-9-25-13-20/h3-5,16H,6-13H2,1-2H3. The normalized spacial score (nSPS) is 29.2. The molecular formula is C20H26N2O3. The van der Waals surface area contributed by atoms with Crippen LogP contribution in [0.4, 0.5) is 5.69 Å². The van der Waals surface area contributed by atoms with Crippen molar-refractivity contribution in [2.75, 3.05) is 37.7 Å². The summed E-state index contributed by atoms with van der Waals surface area (Å²) in [5.41, 5.74) is 3.41. The minimum absolute atomic E-state index is 0.0603. The maximum absolute atomic E-state index is 13.0. The van der Waals surface area contributed by atoms with E-state index in [1.807, 2.05) is 24.0 Å². The van der Waals surface area contributed by atoms with Crippen molar-refractivity contribution in [1.82, 2.24) is 4.90 Å². The molecule has 2 atom stereocenters. The molecule has 5 heteroatoms. The number of aryl methyl sites for hydroxylation is 1. The lowest BCUT2D eigenvalue weighted by atomic mass is 9.87. The minimum atomic E-state index is -0.218. The van der Waals surface area contributed by atoms with Crippen LogP contribution in [0.25, 0.3) is 0 Å². The van der Waals surface area contributed by atoms with Gasteiger partial charge in [0.05, 0.1) is 12.5 Å². The van der Waals surface area contributed by atoms with Crippen molar-refractivity contribution < 1.29 is 14.3 Å². The Bertz CT molecular complexity index is 709. The molecule has 1 aromatic rings. The highest BCUT2D eigenvalue weighted by Crippen LogP contribution is 2.39. The average Bonchev–Trinajstić information content (AvgIpc) is 3.32. The summed E-state index contributed by atoms with van der Waals surface area (Å²) < 4.78 is 5.55. The topological polar surface area (TPSA) is 49.9 Å². The maximum Gasteiger partial charge on any atom is 0.228 e. The van der Waals surface area contributed by atoms with E-state index in [9.17, 15) is 9.59 Å². The van der Waals surface area contributed by atoms with Gasteiger partial charge in [-0.2, -0.15) is 0 Å². The molecule has 0 bridgehead atoms. The van der Waals surface area contributed by atoms with E-state index in [-0.39, 0.29) is 23.1 Å². The number of nitrogens with zero attached hydrogens (tertiary/aromatic N) is 2. The van der Waals surface area contributed by atoms with Crippen molar-refractivity contribution in [1.29, 1.82) is 0 Å². The third kappa shape index (κ3) is 2.84. The van der Waals surface area contributed by atoms with Crippen molar-refractivity contribution in [2.24, 2.45) is 11.3 Å². The van der Waals surface area contributed by atoms with E-state index in [1.165, 1.54) is 5.56 Å². The predicted octanol–water partition coefficient (Wildman–Crippen LogP) is 2.30. The van der Waals surface area contributed by atoms with Gasteiger partial charge in [-0.1, -0.05) is 12.1 Å². The molecule has 3 saturated heterocycles. The van der Waals surface area contributed by atoms with Crippen LogP contribution in [0.1, 0.15) is 30.4 Å². The second-order valence-electron chi connectivity index (χ2n) is 7.94. The molecule has 1 aromatic carbocycles. The number of benzene rings is 1. The number of carbonyl (C=O) groups is 2. The summed E-state index contributed by atoms with van der Waals surface area (Å²) >= 11 is 0. The Morgan fingerprint density at radius 1 is 1.28 bits per heavy atom. The van der Waals surface area contributed by atoms with Crippen molar-refractivity contribution in [2.45, 2.75) is 33.1 Å². The largest absolute Gasteiger partial charge is 0.381 e. The van der Waals surface area contributed by atoms with Crippen LogP contribution in [-0.2, 0) is 14.3 Å². The van der Waals surface area contributed by atoms with E-state index in [2.05, 4.69) is 13.0 Å². The number of hydrogen-bond donors (Lipinski definition) is 0. The van der Waals surface area contributed by atoms with Crippen molar-refractivity contribution in [3.8, 4) is 0 Å². The molecule has 0 aliphatic carbocycles. The summed E-state index contributed by atoms with van der Waals surface area (Å²) in [4.78, 5) is 29.3. The quantitative estimate of drug-likeness (QED) is 0.829. The number of ether oxygens (including phenoxy) is 1. The van der Waals surface area contributed by atoms with Gasteiger partial charge in [-0.3, -0.25) is 9.59 Å². The van der Waals surface area contributed by atoms with E-state index < -0.39 is 0 Å². The van der Waals surface area contributed by atoms with Gasteiger partial charge in [0.15, 0.2) is 0 Å². The second kappa shape index (κ2) is 6.13. The summed E-state index contributed by atoms with van der Waals surface area (Å²) in [6.45, 7) is 7.77. The summed E-state index contributed by atoms with van der Waals surface area (Å²) in [7, 11) is 0. The number of amides is 2. The fraction of sp³-hybridized carbons (Fsp3) is 0.600. The minimum Gasteiger partial charge on any atom is -0.381 e. The molecule has 5 nitrogen and oxygen atoms in total. The average molecular weight is 342 g/mol. The van der Waals surface area contributed by atoms with Crippen LogP contribution in [0.2, 0.25) is 0 Å². The van der Waals surface area contributed by atoms with Gasteiger partial charge >= 0.3 is 0 Å². The summed E-state index contributed by atoms with van der Waals surface area (Å²) in [5, 5.41) is 0. The van der Waals surface area contributed by atoms with Gasteiger partial charge in [-0.05, 0) is 43.9 Å². The van der Waals surface area contributed by atoms with Gasteiger partial charge in [0.2, 0.25) is 11.8 Å². The van der Waals surface area contributed by atoms with Crippen LogP contribution in [0.5, 0.6) is 0 Å². The molecule has 0 saturated carbocycles. The van der Waals surface area contributed by atoms with Gasteiger partial charge in [0, 0.05) is 43.8 Å². The Hall–Kier alpha value is -1.88. The first-order valence-electron chi connectivity index (χ1n) is 9.22. The zero-order valence-electron chi connectivity index (χ0n) is 15.1. The molecule has 3 aliphatic rings. The lowest BCUT2D eigenvalue weighted by Crippen LogP contribution is -2.37. The van der Waals surface area contributed by atoms with Crippen molar-refractivity contribution in [3.63, 3.8) is 0 Å². The lowest BCUT2D eigenvalue weighted by molar-refractivity contribution is -0.135. The molecule has 3 heterocycles. The van der Waals surface area contributed by atoms with Gasteiger partial charge in [-0.25, -0.2) is 0 Å². The smallest absolute Gasteiger partial charge is 0.228 e. The molecule has 134 valence electrons. The Labute approximate surface area is 148 Å². The molecule has 25 heavy (non-hydrogen) atoms. The molecule has 0 N–H and O–H groups in total. The Balaban J connectivity index is 1.47. The Kier molecular flexibility index (Phi) is 4.07. The third-order valence-corrected chi connectivity index (χ3v) is 6.28. The van der Waals surface area contributed by atoms with Crippen molar-refractivity contribution >= 4 is 17.5 Å². The van der Waals surface area contributed by atoms with Crippen LogP contribution in [0, 0.1) is 25.2 Å². The first-order chi connectivity index (χ1) is 12.0. The monoisotopic (exact) mass is 342 g/mol. The third-order valence-electron chi connectivity index (χ3n) is 6.28. The highest BCUT2D eigenvalue weighted by atomic mass is 16.5. The number of anilines is 1. The lowest BCUT2D eigenvalue weighted by Gasteiger charge is -2.24. The maximum atomic E-state index is 13.0. The van der Waals surface area contributed by atoms with Crippen molar-refractivity contribution in [3.05, 3.63) is 29.3 Å².